The van der Waals surface area contributed by atoms with E-state index < -0.39 is 5.82 Å². The fraction of sp³-hybridized carbons (Fsp3) is 0.500. The van der Waals surface area contributed by atoms with Crippen LogP contribution in [0.3, 0.4) is 0 Å². The van der Waals surface area contributed by atoms with Gasteiger partial charge in [0.25, 0.3) is 0 Å². The second kappa shape index (κ2) is 8.08. The van der Waals surface area contributed by atoms with Crippen LogP contribution in [-0.2, 0) is 40.4 Å². The van der Waals surface area contributed by atoms with E-state index >= 15 is 0 Å². The predicted molar refractivity (Wildman–Crippen MR) is 96.7 cm³/mol. The van der Waals surface area contributed by atoms with E-state index in [1.165, 1.54) is 12.1 Å². The van der Waals surface area contributed by atoms with Gasteiger partial charge in [0.2, 0.25) is 0 Å². The zero-order valence-corrected chi connectivity index (χ0v) is 16.2. The first kappa shape index (κ1) is 19.4. The maximum absolute atomic E-state index is 13.8. The van der Waals surface area contributed by atoms with Gasteiger partial charge in [0.15, 0.2) is 6.79 Å². The molecule has 0 unspecified atom stereocenters. The van der Waals surface area contributed by atoms with Crippen molar-refractivity contribution in [2.75, 3.05) is 6.79 Å². The van der Waals surface area contributed by atoms with Crippen LogP contribution < -0.4 is 4.74 Å². The predicted octanol–water partition coefficient (Wildman–Crippen LogP) is 3.45. The highest BCUT2D eigenvalue weighted by atomic mass is 19.1. The number of nitrogens with zero attached hydrogens (tertiary/aromatic N) is 2. The van der Waals surface area contributed by atoms with E-state index in [1.54, 1.807) is 0 Å². The highest BCUT2D eigenvalue weighted by Crippen LogP contribution is 2.30. The molecular formula is C20H25FN2O4. The third kappa shape index (κ3) is 4.47. The molecule has 2 aromatic rings. The number of ether oxygens (including phenoxy) is 3. The molecule has 7 heteroatoms. The molecule has 0 amide bonds. The van der Waals surface area contributed by atoms with Crippen LogP contribution in [0.2, 0.25) is 0 Å². The molecule has 146 valence electrons. The van der Waals surface area contributed by atoms with Crippen molar-refractivity contribution >= 4 is 5.97 Å². The Balaban J connectivity index is 1.68. The van der Waals surface area contributed by atoms with E-state index in [9.17, 15) is 9.18 Å². The molecule has 0 saturated heterocycles. The minimum Gasteiger partial charge on any atom is -0.467 e. The van der Waals surface area contributed by atoms with Crippen molar-refractivity contribution in [2.24, 2.45) is 5.92 Å². The summed E-state index contributed by atoms with van der Waals surface area (Å²) >= 11 is 0. The van der Waals surface area contributed by atoms with E-state index in [-0.39, 0.29) is 32.4 Å². The van der Waals surface area contributed by atoms with E-state index in [4.69, 9.17) is 14.2 Å². The number of aromatic nitrogens is 2. The lowest BCUT2D eigenvalue weighted by molar-refractivity contribution is -0.144. The largest absolute Gasteiger partial charge is 0.467 e. The number of esters is 1. The summed E-state index contributed by atoms with van der Waals surface area (Å²) < 4.78 is 31.7. The maximum Gasteiger partial charge on any atom is 0.310 e. The van der Waals surface area contributed by atoms with Crippen molar-refractivity contribution in [2.45, 2.75) is 53.9 Å². The number of hydrogen-bond donors (Lipinski definition) is 0. The van der Waals surface area contributed by atoms with Crippen LogP contribution in [0.4, 0.5) is 4.39 Å². The molecule has 27 heavy (non-hydrogen) atoms. The lowest BCUT2D eigenvalue weighted by atomic mass is 10.1. The molecule has 6 nitrogen and oxygen atoms in total. The van der Waals surface area contributed by atoms with Crippen LogP contribution in [0.1, 0.15) is 41.9 Å². The summed E-state index contributed by atoms with van der Waals surface area (Å²) in [6.07, 6.45) is 0.136. The quantitative estimate of drug-likeness (QED) is 0.723. The Morgan fingerprint density at radius 3 is 2.89 bits per heavy atom. The van der Waals surface area contributed by atoms with Crippen molar-refractivity contribution < 1.29 is 23.4 Å². The monoisotopic (exact) mass is 376 g/mol. The fourth-order valence-electron chi connectivity index (χ4n) is 3.23. The van der Waals surface area contributed by atoms with Crippen molar-refractivity contribution in [3.05, 3.63) is 46.0 Å². The number of carbonyl (C=O) groups excluding carboxylic acids is 1. The molecule has 2 heterocycles. The molecule has 1 aliphatic heterocycles. The Labute approximate surface area is 158 Å². The Morgan fingerprint density at radius 2 is 2.15 bits per heavy atom. The second-order valence-corrected chi connectivity index (χ2v) is 7.23. The number of fused-ring (bicyclic) bond motifs is 1. The first-order valence-corrected chi connectivity index (χ1v) is 9.05. The van der Waals surface area contributed by atoms with Gasteiger partial charge >= 0.3 is 5.97 Å². The molecule has 0 saturated carbocycles. The summed E-state index contributed by atoms with van der Waals surface area (Å²) in [5.41, 5.74) is 3.81. The summed E-state index contributed by atoms with van der Waals surface area (Å²) in [6, 6.07) is 2.70. The minimum atomic E-state index is -0.407. The van der Waals surface area contributed by atoms with Gasteiger partial charge in [-0.05, 0) is 31.9 Å². The summed E-state index contributed by atoms with van der Waals surface area (Å²) in [5.74, 6) is 0.212. The van der Waals surface area contributed by atoms with Crippen LogP contribution in [0.15, 0.2) is 12.1 Å². The van der Waals surface area contributed by atoms with Gasteiger partial charge in [-0.15, -0.1) is 0 Å². The van der Waals surface area contributed by atoms with Crippen LogP contribution >= 0.6 is 0 Å². The fourth-order valence-corrected chi connectivity index (χ4v) is 3.23. The average Bonchev–Trinajstić information content (AvgIpc) is 2.86. The third-order valence-electron chi connectivity index (χ3n) is 4.53. The van der Waals surface area contributed by atoms with Crippen molar-refractivity contribution in [1.82, 2.24) is 9.78 Å². The van der Waals surface area contributed by atoms with E-state index in [0.717, 1.165) is 23.5 Å². The van der Waals surface area contributed by atoms with E-state index in [0.29, 0.717) is 22.8 Å². The van der Waals surface area contributed by atoms with Gasteiger partial charge in [0, 0.05) is 28.9 Å². The Morgan fingerprint density at radius 1 is 1.37 bits per heavy atom. The first-order valence-electron chi connectivity index (χ1n) is 9.05. The number of rotatable bonds is 6. The highest BCUT2D eigenvalue weighted by Gasteiger charge is 2.20. The van der Waals surface area contributed by atoms with Crippen LogP contribution in [0.25, 0.3) is 0 Å². The standard InChI is InChI=1S/C20H25FN2O4/c1-12(2)8-23-14(4)18(13(3)22-23)7-19(24)26-10-16-6-17(21)5-15-9-25-11-27-20(15)16/h5-6,12H,7-11H2,1-4H3. The SMILES string of the molecule is Cc1nn(CC(C)C)c(C)c1CC(=O)OCc1cc(F)cc2c1OCOC2. The zero-order chi connectivity index (χ0) is 19.6. The highest BCUT2D eigenvalue weighted by molar-refractivity contribution is 5.73. The van der Waals surface area contributed by atoms with E-state index in [1.807, 2.05) is 18.5 Å². The summed E-state index contributed by atoms with van der Waals surface area (Å²) in [6.45, 7) is 9.24. The third-order valence-corrected chi connectivity index (χ3v) is 4.53. The molecule has 0 N–H and O–H groups in total. The average molecular weight is 376 g/mol. The minimum absolute atomic E-state index is 0.0445. The first-order chi connectivity index (χ1) is 12.8. The van der Waals surface area contributed by atoms with Gasteiger partial charge < -0.3 is 14.2 Å². The molecule has 0 fully saturated rings. The second-order valence-electron chi connectivity index (χ2n) is 7.23. The number of benzene rings is 1. The van der Waals surface area contributed by atoms with Gasteiger partial charge in [-0.1, -0.05) is 13.8 Å². The summed E-state index contributed by atoms with van der Waals surface area (Å²) in [4.78, 5) is 12.4. The lowest BCUT2D eigenvalue weighted by Crippen LogP contribution is -2.15. The van der Waals surface area contributed by atoms with Gasteiger partial charge in [-0.3, -0.25) is 9.48 Å². The van der Waals surface area contributed by atoms with E-state index in [2.05, 4.69) is 18.9 Å². The van der Waals surface area contributed by atoms with Gasteiger partial charge in [-0.25, -0.2) is 4.39 Å². The van der Waals surface area contributed by atoms with Crippen molar-refractivity contribution in [3.63, 3.8) is 0 Å². The lowest BCUT2D eigenvalue weighted by Gasteiger charge is -2.20. The number of halogens is 1. The molecule has 0 aliphatic carbocycles. The maximum atomic E-state index is 13.8. The van der Waals surface area contributed by atoms with Crippen LogP contribution in [0.5, 0.6) is 5.75 Å². The van der Waals surface area contributed by atoms with Crippen molar-refractivity contribution in [3.8, 4) is 5.75 Å². The normalized spacial score (nSPS) is 13.4. The summed E-state index contributed by atoms with van der Waals surface area (Å²) in [5, 5.41) is 4.52. The zero-order valence-electron chi connectivity index (χ0n) is 16.2. The van der Waals surface area contributed by atoms with Crippen LogP contribution in [-0.4, -0.2) is 22.5 Å². The molecule has 3 rings (SSSR count). The molecule has 1 aliphatic rings. The topological polar surface area (TPSA) is 62.6 Å². The van der Waals surface area contributed by atoms with Gasteiger partial charge in [-0.2, -0.15) is 5.10 Å². The Kier molecular flexibility index (Phi) is 5.79. The number of aryl methyl sites for hydroxylation is 1. The Bertz CT molecular complexity index is 845. The Hall–Kier alpha value is -2.41. The van der Waals surface area contributed by atoms with Crippen LogP contribution in [0, 0.1) is 25.6 Å². The molecule has 1 aromatic carbocycles. The van der Waals surface area contributed by atoms with Gasteiger partial charge in [0.05, 0.1) is 18.7 Å². The molecule has 1 aromatic heterocycles. The molecule has 0 atom stereocenters. The van der Waals surface area contributed by atoms with Gasteiger partial charge in [0.1, 0.15) is 18.2 Å². The molecule has 0 spiro atoms. The van der Waals surface area contributed by atoms with Crippen molar-refractivity contribution in [1.29, 1.82) is 0 Å². The summed E-state index contributed by atoms with van der Waals surface area (Å²) in [7, 11) is 0. The smallest absolute Gasteiger partial charge is 0.310 e. The number of carbonyl (C=O) groups is 1. The molecule has 0 radical (unpaired) electrons. The molecular weight excluding hydrogens is 351 g/mol. The molecule has 0 bridgehead atoms. The number of hydrogen-bond acceptors (Lipinski definition) is 5.